The quantitative estimate of drug-likeness (QED) is 0.665. The molecule has 0 aliphatic heterocycles. The molecule has 0 bridgehead atoms. The van der Waals surface area contributed by atoms with Gasteiger partial charge in [0.15, 0.2) is 0 Å². The van der Waals surface area contributed by atoms with E-state index in [-0.39, 0.29) is 4.90 Å². The van der Waals surface area contributed by atoms with E-state index in [2.05, 4.69) is 9.93 Å². The first-order chi connectivity index (χ1) is 10.8. The normalized spacial score (nSPS) is 11.7. The summed E-state index contributed by atoms with van der Waals surface area (Å²) in [6, 6.07) is 12.0. The van der Waals surface area contributed by atoms with Crippen molar-refractivity contribution in [1.29, 1.82) is 0 Å². The van der Waals surface area contributed by atoms with Gasteiger partial charge in [0.05, 0.1) is 16.1 Å². The maximum absolute atomic E-state index is 12.1. The maximum atomic E-state index is 12.1. The minimum Gasteiger partial charge on any atom is -0.378 e. The molecule has 2 aromatic carbocycles. The van der Waals surface area contributed by atoms with Crippen molar-refractivity contribution in [2.45, 2.75) is 11.8 Å². The number of hydrogen-bond donors (Lipinski definition) is 1. The van der Waals surface area contributed by atoms with Crippen LogP contribution >= 0.6 is 11.6 Å². The van der Waals surface area contributed by atoms with Crippen LogP contribution in [0.25, 0.3) is 0 Å². The van der Waals surface area contributed by atoms with Crippen LogP contribution < -0.4 is 9.73 Å². The Morgan fingerprint density at radius 2 is 1.78 bits per heavy atom. The van der Waals surface area contributed by atoms with Gasteiger partial charge in [-0.3, -0.25) is 0 Å². The van der Waals surface area contributed by atoms with Crippen molar-refractivity contribution in [2.24, 2.45) is 5.10 Å². The number of benzene rings is 2. The van der Waals surface area contributed by atoms with Crippen molar-refractivity contribution in [2.75, 3.05) is 19.0 Å². The van der Waals surface area contributed by atoms with Crippen molar-refractivity contribution in [3.05, 3.63) is 58.6 Å². The summed E-state index contributed by atoms with van der Waals surface area (Å²) < 4.78 is 24.2. The number of hydrogen-bond acceptors (Lipinski definition) is 4. The van der Waals surface area contributed by atoms with Crippen LogP contribution in [0.1, 0.15) is 11.1 Å². The molecule has 0 heterocycles. The van der Waals surface area contributed by atoms with Gasteiger partial charge in [-0.1, -0.05) is 29.3 Å². The third-order valence-electron chi connectivity index (χ3n) is 3.21. The second kappa shape index (κ2) is 7.02. The Morgan fingerprint density at radius 3 is 2.35 bits per heavy atom. The molecular weight excluding hydrogens is 334 g/mol. The Labute approximate surface area is 141 Å². The molecule has 0 atom stereocenters. The highest BCUT2D eigenvalue weighted by Crippen LogP contribution is 2.21. The van der Waals surface area contributed by atoms with E-state index in [1.54, 1.807) is 24.3 Å². The smallest absolute Gasteiger partial charge is 0.276 e. The molecule has 2 rings (SSSR count). The second-order valence-electron chi connectivity index (χ2n) is 5.27. The molecule has 2 aromatic rings. The van der Waals surface area contributed by atoms with Crippen molar-refractivity contribution >= 4 is 33.5 Å². The molecule has 7 heteroatoms. The predicted molar refractivity (Wildman–Crippen MR) is 94.9 cm³/mol. The van der Waals surface area contributed by atoms with Gasteiger partial charge in [-0.05, 0) is 37.3 Å². The van der Waals surface area contributed by atoms with Gasteiger partial charge in [0.1, 0.15) is 0 Å². The largest absolute Gasteiger partial charge is 0.378 e. The molecular formula is C16H18ClN3O2S. The summed E-state index contributed by atoms with van der Waals surface area (Å²) in [5, 5.41) is 4.28. The number of halogens is 1. The third-order valence-corrected chi connectivity index (χ3v) is 4.77. The van der Waals surface area contributed by atoms with Gasteiger partial charge in [0.25, 0.3) is 10.0 Å². The van der Waals surface area contributed by atoms with E-state index in [0.717, 1.165) is 11.3 Å². The highest BCUT2D eigenvalue weighted by Gasteiger charge is 2.11. The molecule has 0 aliphatic carbocycles. The average Bonchev–Trinajstić information content (AvgIpc) is 2.49. The fourth-order valence-corrected chi connectivity index (χ4v) is 2.85. The lowest BCUT2D eigenvalue weighted by Gasteiger charge is -2.13. The Hall–Kier alpha value is -2.05. The summed E-state index contributed by atoms with van der Waals surface area (Å²) >= 11 is 6.16. The average molecular weight is 352 g/mol. The second-order valence-corrected chi connectivity index (χ2v) is 7.33. The topological polar surface area (TPSA) is 61.8 Å². The molecule has 0 radical (unpaired) electrons. The zero-order valence-corrected chi connectivity index (χ0v) is 14.7. The Bertz CT molecular complexity index is 816. The van der Waals surface area contributed by atoms with Crippen LogP contribution in [-0.2, 0) is 10.0 Å². The Kier molecular flexibility index (Phi) is 5.28. The molecule has 5 nitrogen and oxygen atoms in total. The molecule has 0 amide bonds. The Morgan fingerprint density at radius 1 is 1.13 bits per heavy atom. The van der Waals surface area contributed by atoms with Gasteiger partial charge in [-0.2, -0.15) is 13.5 Å². The number of anilines is 1. The number of nitrogens with one attached hydrogen (secondary N) is 1. The summed E-state index contributed by atoms with van der Waals surface area (Å²) in [6.45, 7) is 1.89. The number of hydrazone groups is 1. The van der Waals surface area contributed by atoms with Crippen LogP contribution in [0.15, 0.2) is 52.5 Å². The molecule has 0 fully saturated rings. The molecule has 0 aromatic heterocycles. The highest BCUT2D eigenvalue weighted by atomic mass is 35.5. The Balaban J connectivity index is 2.13. The molecule has 1 N–H and O–H groups in total. The molecule has 0 saturated carbocycles. The van der Waals surface area contributed by atoms with E-state index in [1.807, 2.05) is 32.0 Å². The highest BCUT2D eigenvalue weighted by molar-refractivity contribution is 7.89. The van der Waals surface area contributed by atoms with E-state index in [9.17, 15) is 8.42 Å². The van der Waals surface area contributed by atoms with Gasteiger partial charge in [0.2, 0.25) is 0 Å². The van der Waals surface area contributed by atoms with Gasteiger partial charge in [-0.25, -0.2) is 4.83 Å². The van der Waals surface area contributed by atoms with Crippen LogP contribution in [0, 0.1) is 6.92 Å². The third kappa shape index (κ3) is 4.46. The lowest BCUT2D eigenvalue weighted by molar-refractivity contribution is 0.584. The number of aryl methyl sites for hydroxylation is 1. The molecule has 0 spiro atoms. The fourth-order valence-electron chi connectivity index (χ4n) is 1.83. The number of nitrogens with zero attached hydrogens (tertiary/aromatic N) is 2. The van der Waals surface area contributed by atoms with Crippen molar-refractivity contribution in [1.82, 2.24) is 4.83 Å². The summed E-state index contributed by atoms with van der Waals surface area (Å²) in [5.74, 6) is 0. The van der Waals surface area contributed by atoms with Gasteiger partial charge >= 0.3 is 0 Å². The summed E-state index contributed by atoms with van der Waals surface area (Å²) in [5.41, 5.74) is 2.57. The summed E-state index contributed by atoms with van der Waals surface area (Å²) in [6.07, 6.45) is 1.38. The fraction of sp³-hybridized carbons (Fsp3) is 0.188. The van der Waals surface area contributed by atoms with Gasteiger partial charge < -0.3 is 4.90 Å². The van der Waals surface area contributed by atoms with Crippen molar-refractivity contribution in [3.63, 3.8) is 0 Å². The van der Waals surface area contributed by atoms with Crippen LogP contribution in [0.3, 0.4) is 0 Å². The number of sulfonamides is 1. The molecule has 23 heavy (non-hydrogen) atoms. The van der Waals surface area contributed by atoms with Crippen molar-refractivity contribution < 1.29 is 8.42 Å². The first-order valence-electron chi connectivity index (χ1n) is 6.88. The minimum atomic E-state index is -3.68. The van der Waals surface area contributed by atoms with Crippen LogP contribution in [0.5, 0.6) is 0 Å². The lowest BCUT2D eigenvalue weighted by Crippen LogP contribution is -2.18. The lowest BCUT2D eigenvalue weighted by atomic mass is 10.2. The van der Waals surface area contributed by atoms with Crippen molar-refractivity contribution in [3.8, 4) is 0 Å². The van der Waals surface area contributed by atoms with E-state index < -0.39 is 10.0 Å². The van der Waals surface area contributed by atoms with Crippen LogP contribution in [-0.4, -0.2) is 28.7 Å². The van der Waals surface area contributed by atoms with Crippen LogP contribution in [0.4, 0.5) is 5.69 Å². The molecule has 0 saturated heterocycles. The zero-order valence-electron chi connectivity index (χ0n) is 13.1. The summed E-state index contributed by atoms with van der Waals surface area (Å²) in [7, 11) is 0.143. The van der Waals surface area contributed by atoms with E-state index in [4.69, 9.17) is 11.6 Å². The SMILES string of the molecule is Cc1ccc(S(=O)(=O)N/N=C\c2ccc(N(C)C)cc2Cl)cc1. The maximum Gasteiger partial charge on any atom is 0.276 e. The van der Waals surface area contributed by atoms with Crippen LogP contribution in [0.2, 0.25) is 5.02 Å². The van der Waals surface area contributed by atoms with Gasteiger partial charge in [0, 0.05) is 25.3 Å². The standard InChI is InChI=1S/C16H18ClN3O2S/c1-12-4-8-15(9-5-12)23(21,22)19-18-11-13-6-7-14(20(2)3)10-16(13)17/h4-11,19H,1-3H3/b18-11-. The van der Waals surface area contributed by atoms with Gasteiger partial charge in [-0.15, -0.1) is 0 Å². The molecule has 0 aliphatic rings. The predicted octanol–water partition coefficient (Wildman–Crippen LogP) is 3.03. The molecule has 122 valence electrons. The zero-order chi connectivity index (χ0) is 17.0. The minimum absolute atomic E-state index is 0.161. The van der Waals surface area contributed by atoms with E-state index in [1.165, 1.54) is 18.3 Å². The van der Waals surface area contributed by atoms with E-state index in [0.29, 0.717) is 10.6 Å². The number of rotatable bonds is 5. The first kappa shape index (κ1) is 17.3. The first-order valence-corrected chi connectivity index (χ1v) is 8.74. The molecule has 0 unspecified atom stereocenters. The monoisotopic (exact) mass is 351 g/mol. The van der Waals surface area contributed by atoms with E-state index >= 15 is 0 Å². The summed E-state index contributed by atoms with van der Waals surface area (Å²) in [4.78, 5) is 4.27.